The fourth-order valence-electron chi connectivity index (χ4n) is 3.04. The summed E-state index contributed by atoms with van der Waals surface area (Å²) >= 11 is 0. The number of nitrogens with zero attached hydrogens (tertiary/aromatic N) is 2. The molecule has 0 spiro atoms. The highest BCUT2D eigenvalue weighted by atomic mass is 16.5. The molecular weight excluding hydrogens is 302 g/mol. The molecule has 1 aliphatic heterocycles. The molecule has 5 heteroatoms. The molecule has 3 aromatic rings. The first-order chi connectivity index (χ1) is 11.7. The van der Waals surface area contributed by atoms with Gasteiger partial charge in [0.05, 0.1) is 18.2 Å². The van der Waals surface area contributed by atoms with Gasteiger partial charge in [-0.1, -0.05) is 18.2 Å². The van der Waals surface area contributed by atoms with Gasteiger partial charge in [-0.25, -0.2) is 4.98 Å². The second kappa shape index (κ2) is 6.00. The lowest BCUT2D eigenvalue weighted by Gasteiger charge is -2.24. The van der Waals surface area contributed by atoms with Crippen molar-refractivity contribution in [2.45, 2.75) is 19.9 Å². The molecule has 1 N–H and O–H groups in total. The Hall–Kier alpha value is -2.82. The molecule has 0 aliphatic carbocycles. The summed E-state index contributed by atoms with van der Waals surface area (Å²) in [5.41, 5.74) is 4.01. The molecule has 1 atom stereocenters. The number of hydrogen-bond acceptors (Lipinski definition) is 3. The molecule has 5 nitrogen and oxygen atoms in total. The van der Waals surface area contributed by atoms with Crippen molar-refractivity contribution in [3.05, 3.63) is 65.6 Å². The van der Waals surface area contributed by atoms with Crippen LogP contribution >= 0.6 is 0 Å². The molecule has 1 aromatic carbocycles. The summed E-state index contributed by atoms with van der Waals surface area (Å²) in [5, 5.41) is 2.98. The van der Waals surface area contributed by atoms with Gasteiger partial charge >= 0.3 is 0 Å². The fourth-order valence-corrected chi connectivity index (χ4v) is 3.04. The number of para-hydroxylation sites is 1. The summed E-state index contributed by atoms with van der Waals surface area (Å²) in [4.78, 5) is 17.0. The van der Waals surface area contributed by atoms with E-state index in [9.17, 15) is 4.79 Å². The van der Waals surface area contributed by atoms with E-state index in [0.717, 1.165) is 22.7 Å². The Morgan fingerprint density at radius 2 is 2.25 bits per heavy atom. The number of aryl methyl sites for hydroxylation is 1. The minimum Gasteiger partial charge on any atom is -0.492 e. The van der Waals surface area contributed by atoms with Crippen molar-refractivity contribution in [2.24, 2.45) is 5.92 Å². The van der Waals surface area contributed by atoms with E-state index in [1.165, 1.54) is 5.56 Å². The maximum Gasteiger partial charge on any atom is 0.227 e. The second-order valence-electron chi connectivity index (χ2n) is 6.24. The van der Waals surface area contributed by atoms with Crippen LogP contribution in [0.4, 0.5) is 0 Å². The molecular formula is C19H19N3O2. The highest BCUT2D eigenvalue weighted by Crippen LogP contribution is 2.26. The van der Waals surface area contributed by atoms with Gasteiger partial charge in [0.15, 0.2) is 0 Å². The van der Waals surface area contributed by atoms with Crippen LogP contribution in [-0.2, 0) is 17.8 Å². The zero-order valence-corrected chi connectivity index (χ0v) is 13.5. The van der Waals surface area contributed by atoms with E-state index in [1.54, 1.807) is 0 Å². The highest BCUT2D eigenvalue weighted by Gasteiger charge is 2.25. The molecule has 0 saturated heterocycles. The second-order valence-corrected chi connectivity index (χ2v) is 6.24. The highest BCUT2D eigenvalue weighted by molar-refractivity contribution is 5.79. The number of carbonyl (C=O) groups is 1. The summed E-state index contributed by atoms with van der Waals surface area (Å²) < 4.78 is 7.66. The van der Waals surface area contributed by atoms with Crippen molar-refractivity contribution in [1.29, 1.82) is 0 Å². The average Bonchev–Trinajstić information content (AvgIpc) is 3.01. The molecule has 122 valence electrons. The summed E-state index contributed by atoms with van der Waals surface area (Å²) in [7, 11) is 0. The van der Waals surface area contributed by atoms with E-state index >= 15 is 0 Å². The Morgan fingerprint density at radius 1 is 1.38 bits per heavy atom. The standard InChI is InChI=1S/C19H19N3O2/c1-13-6-7-22-11-16(21-18(22)8-13)10-20-19(23)15-9-14-4-2-3-5-17(14)24-12-15/h2-8,11,15H,9-10,12H2,1H3,(H,20,23). The molecule has 0 saturated carbocycles. The van der Waals surface area contributed by atoms with E-state index in [1.807, 2.05) is 60.1 Å². The Balaban J connectivity index is 1.41. The van der Waals surface area contributed by atoms with Crippen LogP contribution in [0.15, 0.2) is 48.8 Å². The molecule has 3 heterocycles. The van der Waals surface area contributed by atoms with Crippen LogP contribution in [0.1, 0.15) is 16.8 Å². The first-order valence-corrected chi connectivity index (χ1v) is 8.12. The van der Waals surface area contributed by atoms with Crippen molar-refractivity contribution in [3.63, 3.8) is 0 Å². The number of aromatic nitrogens is 2. The van der Waals surface area contributed by atoms with E-state index < -0.39 is 0 Å². The number of ether oxygens (including phenoxy) is 1. The summed E-state index contributed by atoms with van der Waals surface area (Å²) in [6.07, 6.45) is 4.64. The van der Waals surface area contributed by atoms with Gasteiger partial charge in [0.25, 0.3) is 0 Å². The number of nitrogens with one attached hydrogen (secondary N) is 1. The predicted octanol–water partition coefficient (Wildman–Crippen LogP) is 2.51. The third-order valence-electron chi connectivity index (χ3n) is 4.36. The smallest absolute Gasteiger partial charge is 0.227 e. The number of fused-ring (bicyclic) bond motifs is 2. The van der Waals surface area contributed by atoms with Crippen molar-refractivity contribution < 1.29 is 9.53 Å². The molecule has 2 aromatic heterocycles. The fraction of sp³-hybridized carbons (Fsp3) is 0.263. The number of rotatable bonds is 3. The molecule has 0 radical (unpaired) electrons. The van der Waals surface area contributed by atoms with Crippen molar-refractivity contribution in [2.75, 3.05) is 6.61 Å². The van der Waals surface area contributed by atoms with E-state index in [4.69, 9.17) is 4.74 Å². The molecule has 0 bridgehead atoms. The topological polar surface area (TPSA) is 55.6 Å². The predicted molar refractivity (Wildman–Crippen MR) is 90.9 cm³/mol. The number of pyridine rings is 1. The van der Waals surface area contributed by atoms with Crippen LogP contribution in [0.25, 0.3) is 5.65 Å². The molecule has 0 fully saturated rings. The first kappa shape index (κ1) is 14.8. The molecule has 24 heavy (non-hydrogen) atoms. The Kier molecular flexibility index (Phi) is 3.69. The third-order valence-corrected chi connectivity index (χ3v) is 4.36. The first-order valence-electron chi connectivity index (χ1n) is 8.12. The Labute approximate surface area is 140 Å². The Bertz CT molecular complexity index is 901. The number of carbonyl (C=O) groups excluding carboxylic acids is 1. The zero-order valence-electron chi connectivity index (χ0n) is 13.5. The van der Waals surface area contributed by atoms with E-state index in [0.29, 0.717) is 19.6 Å². The van der Waals surface area contributed by atoms with Crippen LogP contribution in [0.3, 0.4) is 0 Å². The Morgan fingerprint density at radius 3 is 3.17 bits per heavy atom. The van der Waals surface area contributed by atoms with Gasteiger partial charge < -0.3 is 14.5 Å². The van der Waals surface area contributed by atoms with Gasteiger partial charge in [-0.05, 0) is 42.7 Å². The lowest BCUT2D eigenvalue weighted by atomic mass is 9.96. The molecule has 1 aliphatic rings. The normalized spacial score (nSPS) is 16.5. The van der Waals surface area contributed by atoms with Gasteiger partial charge in [-0.2, -0.15) is 0 Å². The quantitative estimate of drug-likeness (QED) is 0.806. The summed E-state index contributed by atoms with van der Waals surface area (Å²) in [6.45, 7) is 2.89. The van der Waals surface area contributed by atoms with E-state index in [-0.39, 0.29) is 11.8 Å². The largest absolute Gasteiger partial charge is 0.492 e. The van der Waals surface area contributed by atoms with Crippen LogP contribution in [-0.4, -0.2) is 21.9 Å². The lowest BCUT2D eigenvalue weighted by molar-refractivity contribution is -0.126. The number of amides is 1. The molecule has 1 amide bonds. The van der Waals surface area contributed by atoms with Crippen LogP contribution in [0.2, 0.25) is 0 Å². The lowest BCUT2D eigenvalue weighted by Crippen LogP contribution is -2.37. The van der Waals surface area contributed by atoms with Crippen LogP contribution in [0.5, 0.6) is 5.75 Å². The van der Waals surface area contributed by atoms with Gasteiger partial charge in [0.2, 0.25) is 5.91 Å². The third kappa shape index (κ3) is 2.85. The minimum absolute atomic E-state index is 0.0118. The van der Waals surface area contributed by atoms with Gasteiger partial charge in [0, 0.05) is 12.4 Å². The number of hydrogen-bond donors (Lipinski definition) is 1. The maximum atomic E-state index is 12.4. The maximum absolute atomic E-state index is 12.4. The van der Waals surface area contributed by atoms with Crippen molar-refractivity contribution in [3.8, 4) is 5.75 Å². The average molecular weight is 321 g/mol. The van der Waals surface area contributed by atoms with Crippen molar-refractivity contribution in [1.82, 2.24) is 14.7 Å². The van der Waals surface area contributed by atoms with Crippen LogP contribution < -0.4 is 10.1 Å². The van der Waals surface area contributed by atoms with Crippen LogP contribution in [0, 0.1) is 12.8 Å². The van der Waals surface area contributed by atoms with Gasteiger partial charge in [-0.15, -0.1) is 0 Å². The molecule has 4 rings (SSSR count). The monoisotopic (exact) mass is 321 g/mol. The summed E-state index contributed by atoms with van der Waals surface area (Å²) in [6, 6.07) is 11.9. The number of imidazole rings is 1. The minimum atomic E-state index is -0.154. The van der Waals surface area contributed by atoms with E-state index in [2.05, 4.69) is 10.3 Å². The van der Waals surface area contributed by atoms with Gasteiger partial charge in [0.1, 0.15) is 18.0 Å². The number of benzene rings is 1. The van der Waals surface area contributed by atoms with Gasteiger partial charge in [-0.3, -0.25) is 4.79 Å². The zero-order chi connectivity index (χ0) is 16.5. The SMILES string of the molecule is Cc1ccn2cc(CNC(=O)C3COc4ccccc4C3)nc2c1. The van der Waals surface area contributed by atoms with Crippen molar-refractivity contribution >= 4 is 11.6 Å². The molecule has 1 unspecified atom stereocenters. The summed E-state index contributed by atoms with van der Waals surface area (Å²) in [5.74, 6) is 0.745.